The van der Waals surface area contributed by atoms with Gasteiger partial charge in [0.1, 0.15) is 11.9 Å². The van der Waals surface area contributed by atoms with E-state index < -0.39 is 12.1 Å². The number of nitrogens with two attached hydrogens (primary N) is 1. The van der Waals surface area contributed by atoms with Crippen molar-refractivity contribution in [2.24, 2.45) is 5.73 Å². The Hall–Kier alpha value is -0.910. The molecular formula is C24H47N3O2. The predicted octanol–water partition coefficient (Wildman–Crippen LogP) is 5.70. The number of H-pyrrole nitrogens is 1. The lowest BCUT2D eigenvalue weighted by Crippen LogP contribution is -2.25. The summed E-state index contributed by atoms with van der Waals surface area (Å²) in [5.74, 6) is 0.846. The molecule has 1 aromatic rings. The summed E-state index contributed by atoms with van der Waals surface area (Å²) in [5, 5.41) is 19.6. The van der Waals surface area contributed by atoms with Gasteiger partial charge < -0.3 is 20.9 Å². The Labute approximate surface area is 178 Å². The fourth-order valence-electron chi connectivity index (χ4n) is 3.88. The molecule has 0 aromatic carbocycles. The van der Waals surface area contributed by atoms with Crippen LogP contribution < -0.4 is 5.73 Å². The van der Waals surface area contributed by atoms with E-state index in [-0.39, 0.29) is 6.61 Å². The highest BCUT2D eigenvalue weighted by atomic mass is 16.3. The quantitative estimate of drug-likeness (QED) is 0.220. The van der Waals surface area contributed by atoms with Gasteiger partial charge in [-0.1, -0.05) is 96.8 Å². The minimum atomic E-state index is -0.830. The molecule has 29 heavy (non-hydrogen) atoms. The van der Waals surface area contributed by atoms with Gasteiger partial charge >= 0.3 is 0 Å². The Morgan fingerprint density at radius 1 is 0.828 bits per heavy atom. The zero-order valence-electron chi connectivity index (χ0n) is 19.1. The molecule has 5 heteroatoms. The first-order chi connectivity index (χ1) is 14.1. The molecule has 0 aliphatic carbocycles. The van der Waals surface area contributed by atoms with E-state index in [0.717, 1.165) is 18.7 Å². The minimum absolute atomic E-state index is 0.148. The van der Waals surface area contributed by atoms with Crippen LogP contribution in [0.4, 0.5) is 0 Å². The molecule has 0 spiro atoms. The number of aryl methyl sites for hydroxylation is 1. The first kappa shape index (κ1) is 26.1. The summed E-state index contributed by atoms with van der Waals surface area (Å²) in [6.45, 7) is 3.87. The number of nitrogens with zero attached hydrogens (tertiary/aromatic N) is 1. The number of aliphatic hydroxyl groups excluding tert-OH is 2. The molecule has 0 saturated heterocycles. The molecule has 170 valence electrons. The van der Waals surface area contributed by atoms with Gasteiger partial charge in [-0.25, -0.2) is 4.98 Å². The van der Waals surface area contributed by atoms with Crippen molar-refractivity contribution in [3.8, 4) is 0 Å². The number of imidazole rings is 1. The monoisotopic (exact) mass is 409 g/mol. The van der Waals surface area contributed by atoms with Gasteiger partial charge in [0, 0.05) is 12.5 Å². The second-order valence-corrected chi connectivity index (χ2v) is 8.71. The minimum Gasteiger partial charge on any atom is -0.390 e. The van der Waals surface area contributed by atoms with Gasteiger partial charge in [0.25, 0.3) is 0 Å². The molecule has 0 bridgehead atoms. The van der Waals surface area contributed by atoms with Gasteiger partial charge in [0.15, 0.2) is 0 Å². The molecule has 5 nitrogen and oxygen atoms in total. The zero-order valence-corrected chi connectivity index (χ0v) is 19.1. The van der Waals surface area contributed by atoms with E-state index in [0.29, 0.717) is 11.4 Å². The Morgan fingerprint density at radius 2 is 1.28 bits per heavy atom. The molecule has 0 amide bonds. The average Bonchev–Trinajstić information content (AvgIpc) is 3.13. The van der Waals surface area contributed by atoms with E-state index in [2.05, 4.69) is 16.9 Å². The number of aromatic nitrogens is 2. The molecular weight excluding hydrogens is 362 g/mol. The van der Waals surface area contributed by atoms with Crippen LogP contribution in [-0.4, -0.2) is 26.2 Å². The number of unbranched alkanes of at least 4 members (excludes halogenated alkanes) is 14. The highest BCUT2D eigenvalue weighted by molar-refractivity contribution is 5.18. The fraction of sp³-hybridized carbons (Fsp3) is 0.875. The predicted molar refractivity (Wildman–Crippen MR) is 122 cm³/mol. The van der Waals surface area contributed by atoms with Crippen LogP contribution in [0.15, 0.2) is 0 Å². The molecule has 2 unspecified atom stereocenters. The zero-order chi connectivity index (χ0) is 21.3. The van der Waals surface area contributed by atoms with Crippen LogP contribution >= 0.6 is 0 Å². The number of nitrogens with one attached hydrogen (secondary N) is 1. The summed E-state index contributed by atoms with van der Waals surface area (Å²) in [7, 11) is 0. The molecule has 0 aliphatic heterocycles. The van der Waals surface area contributed by atoms with E-state index in [1.54, 1.807) is 6.92 Å². The molecule has 0 fully saturated rings. The molecule has 0 saturated carbocycles. The molecule has 1 aromatic heterocycles. The van der Waals surface area contributed by atoms with E-state index in [4.69, 9.17) is 5.73 Å². The van der Waals surface area contributed by atoms with E-state index in [1.165, 1.54) is 89.9 Å². The maximum atomic E-state index is 10.1. The summed E-state index contributed by atoms with van der Waals surface area (Å²) in [6.07, 6.45) is 20.4. The van der Waals surface area contributed by atoms with Gasteiger partial charge in [-0.3, -0.25) is 0 Å². The first-order valence-corrected chi connectivity index (χ1v) is 12.2. The first-order valence-electron chi connectivity index (χ1n) is 12.2. The standard InChI is InChI=1S/C24H47N3O2/c1-3-4-5-6-7-8-9-10-11-12-13-14-15-16-17-18-22-26-21(19-28)23(27-22)24(29)20(2)25/h20,24,28-29H,3-19,25H2,1-2H3,(H,26,27). The van der Waals surface area contributed by atoms with Crippen molar-refractivity contribution in [1.29, 1.82) is 0 Å². The number of hydrogen-bond donors (Lipinski definition) is 4. The number of aromatic amines is 1. The second kappa shape index (κ2) is 16.8. The van der Waals surface area contributed by atoms with Gasteiger partial charge in [-0.05, 0) is 13.3 Å². The van der Waals surface area contributed by atoms with E-state index in [9.17, 15) is 10.2 Å². The maximum absolute atomic E-state index is 10.1. The van der Waals surface area contributed by atoms with Crippen molar-refractivity contribution < 1.29 is 10.2 Å². The van der Waals surface area contributed by atoms with Crippen molar-refractivity contribution >= 4 is 0 Å². The Kier molecular flexibility index (Phi) is 15.2. The van der Waals surface area contributed by atoms with Crippen molar-refractivity contribution in [3.05, 3.63) is 17.2 Å². The third-order valence-electron chi connectivity index (χ3n) is 5.81. The van der Waals surface area contributed by atoms with Crippen molar-refractivity contribution in [1.82, 2.24) is 9.97 Å². The third kappa shape index (κ3) is 11.8. The SMILES string of the molecule is CCCCCCCCCCCCCCCCCc1nc(C(O)C(C)N)c(CO)[nH]1. The number of hydrogen-bond acceptors (Lipinski definition) is 4. The topological polar surface area (TPSA) is 95.2 Å². The van der Waals surface area contributed by atoms with Gasteiger partial charge in [-0.2, -0.15) is 0 Å². The summed E-state index contributed by atoms with van der Waals surface area (Å²) in [5.41, 5.74) is 6.84. The average molecular weight is 410 g/mol. The van der Waals surface area contributed by atoms with E-state index >= 15 is 0 Å². The molecule has 1 rings (SSSR count). The lowest BCUT2D eigenvalue weighted by atomic mass is 10.0. The largest absolute Gasteiger partial charge is 0.390 e. The van der Waals surface area contributed by atoms with Crippen molar-refractivity contribution in [2.45, 2.75) is 135 Å². The summed E-state index contributed by atoms with van der Waals surface area (Å²) >= 11 is 0. The summed E-state index contributed by atoms with van der Waals surface area (Å²) < 4.78 is 0. The summed E-state index contributed by atoms with van der Waals surface area (Å²) in [6, 6.07) is -0.401. The second-order valence-electron chi connectivity index (χ2n) is 8.71. The Morgan fingerprint density at radius 3 is 1.69 bits per heavy atom. The molecule has 2 atom stereocenters. The van der Waals surface area contributed by atoms with Gasteiger partial charge in [0.05, 0.1) is 18.0 Å². The molecule has 5 N–H and O–H groups in total. The normalized spacial score (nSPS) is 13.7. The molecule has 0 aliphatic rings. The van der Waals surface area contributed by atoms with Crippen molar-refractivity contribution in [2.75, 3.05) is 0 Å². The van der Waals surface area contributed by atoms with Crippen LogP contribution in [0.25, 0.3) is 0 Å². The summed E-state index contributed by atoms with van der Waals surface area (Å²) in [4.78, 5) is 7.60. The Balaban J connectivity index is 1.98. The molecule has 1 heterocycles. The van der Waals surface area contributed by atoms with Crippen LogP contribution in [0.1, 0.15) is 133 Å². The lowest BCUT2D eigenvalue weighted by Gasteiger charge is -2.12. The van der Waals surface area contributed by atoms with Crippen LogP contribution in [0.2, 0.25) is 0 Å². The maximum Gasteiger partial charge on any atom is 0.113 e. The lowest BCUT2D eigenvalue weighted by molar-refractivity contribution is 0.145. The highest BCUT2D eigenvalue weighted by Gasteiger charge is 2.20. The Bertz CT molecular complexity index is 502. The van der Waals surface area contributed by atoms with Crippen LogP contribution in [-0.2, 0) is 13.0 Å². The van der Waals surface area contributed by atoms with Gasteiger partial charge in [0.2, 0.25) is 0 Å². The van der Waals surface area contributed by atoms with E-state index in [1.807, 2.05) is 0 Å². The van der Waals surface area contributed by atoms with Crippen molar-refractivity contribution in [3.63, 3.8) is 0 Å². The number of rotatable bonds is 19. The highest BCUT2D eigenvalue weighted by Crippen LogP contribution is 2.20. The smallest absolute Gasteiger partial charge is 0.113 e. The number of aliphatic hydroxyl groups is 2. The van der Waals surface area contributed by atoms with Crippen LogP contribution in [0.3, 0.4) is 0 Å². The fourth-order valence-corrected chi connectivity index (χ4v) is 3.88. The van der Waals surface area contributed by atoms with Gasteiger partial charge in [-0.15, -0.1) is 0 Å². The third-order valence-corrected chi connectivity index (χ3v) is 5.81. The molecule has 0 radical (unpaired) electrons. The van der Waals surface area contributed by atoms with Crippen LogP contribution in [0.5, 0.6) is 0 Å². The van der Waals surface area contributed by atoms with Crippen LogP contribution in [0, 0.1) is 0 Å².